The van der Waals surface area contributed by atoms with Crippen LogP contribution in [0.5, 0.6) is 0 Å². The Morgan fingerprint density at radius 1 is 1.00 bits per heavy atom. The van der Waals surface area contributed by atoms with E-state index >= 15 is 0 Å². The maximum Gasteiger partial charge on any atom is 0.280 e. The third-order valence-electron chi connectivity index (χ3n) is 8.10. The van der Waals surface area contributed by atoms with Crippen LogP contribution in [-0.4, -0.2) is 30.8 Å². The summed E-state index contributed by atoms with van der Waals surface area (Å²) >= 11 is 0. The van der Waals surface area contributed by atoms with E-state index in [2.05, 4.69) is 43.7 Å². The standard InChI is InChI=1S/C23H34N2O2S/c1-22(2,3)18-9-8-16-12-19-10-11-20(14-17(16)13-18)23(19)15-25(28(26,27)24-23)21-6-4-5-7-21/h8-9,13,19-21,24H,4-7,10-12,14-15H2,1-3H3/t19-,20+,23+/m0/s1. The van der Waals surface area contributed by atoms with E-state index in [4.69, 9.17) is 0 Å². The molecule has 1 N–H and O–H groups in total. The quantitative estimate of drug-likeness (QED) is 0.773. The lowest BCUT2D eigenvalue weighted by Gasteiger charge is -2.34. The first kappa shape index (κ1) is 19.1. The molecule has 1 aromatic carbocycles. The van der Waals surface area contributed by atoms with E-state index in [9.17, 15) is 8.42 Å². The zero-order chi connectivity index (χ0) is 19.7. The van der Waals surface area contributed by atoms with Gasteiger partial charge in [-0.3, -0.25) is 0 Å². The van der Waals surface area contributed by atoms with Crippen LogP contribution in [0.3, 0.4) is 0 Å². The fourth-order valence-corrected chi connectivity index (χ4v) is 8.43. The molecule has 2 bridgehead atoms. The van der Waals surface area contributed by atoms with Gasteiger partial charge in [0.05, 0.1) is 5.54 Å². The first-order valence-electron chi connectivity index (χ1n) is 11.1. The molecule has 0 unspecified atom stereocenters. The zero-order valence-corrected chi connectivity index (χ0v) is 18.3. The molecule has 1 heterocycles. The molecule has 154 valence electrons. The Bertz CT molecular complexity index is 882. The minimum Gasteiger partial charge on any atom is -0.195 e. The highest BCUT2D eigenvalue weighted by molar-refractivity contribution is 7.87. The van der Waals surface area contributed by atoms with Crippen molar-refractivity contribution in [2.45, 2.75) is 89.1 Å². The van der Waals surface area contributed by atoms with E-state index in [1.165, 1.54) is 16.7 Å². The number of fused-ring (bicyclic) bond motifs is 1. The average molecular weight is 403 g/mol. The second-order valence-electron chi connectivity index (χ2n) is 10.7. The molecule has 3 atom stereocenters. The summed E-state index contributed by atoms with van der Waals surface area (Å²) in [4.78, 5) is 0. The van der Waals surface area contributed by atoms with Crippen molar-refractivity contribution in [2.24, 2.45) is 11.8 Å². The minimum absolute atomic E-state index is 0.145. The van der Waals surface area contributed by atoms with E-state index in [0.717, 1.165) is 51.4 Å². The number of nitrogens with zero attached hydrogens (tertiary/aromatic N) is 1. The first-order chi connectivity index (χ1) is 13.2. The summed E-state index contributed by atoms with van der Waals surface area (Å²) in [5.74, 6) is 0.829. The molecule has 2 saturated carbocycles. The van der Waals surface area contributed by atoms with E-state index in [1.807, 2.05) is 4.31 Å². The van der Waals surface area contributed by atoms with Crippen LogP contribution in [0.2, 0.25) is 0 Å². The summed E-state index contributed by atoms with van der Waals surface area (Å²) in [5, 5.41) is 0. The van der Waals surface area contributed by atoms with Gasteiger partial charge < -0.3 is 0 Å². The Labute approximate surface area is 170 Å². The summed E-state index contributed by atoms with van der Waals surface area (Å²) in [5.41, 5.74) is 4.17. The normalized spacial score (nSPS) is 35.4. The number of nitrogens with one attached hydrogen (secondary N) is 1. The summed E-state index contributed by atoms with van der Waals surface area (Å²) in [6.07, 6.45) is 8.70. The lowest BCUT2D eigenvalue weighted by molar-refractivity contribution is 0.195. The fourth-order valence-electron chi connectivity index (χ4n) is 6.45. The van der Waals surface area contributed by atoms with Crippen molar-refractivity contribution in [2.75, 3.05) is 6.54 Å². The van der Waals surface area contributed by atoms with Crippen LogP contribution in [-0.2, 0) is 28.5 Å². The molecule has 3 fully saturated rings. The maximum atomic E-state index is 13.1. The Balaban J connectivity index is 1.50. The van der Waals surface area contributed by atoms with Gasteiger partial charge in [0, 0.05) is 12.6 Å². The molecule has 0 radical (unpaired) electrons. The number of benzene rings is 1. The molecule has 1 spiro atoms. The molecule has 5 rings (SSSR count). The number of rotatable bonds is 1. The average Bonchev–Trinajstić information content (AvgIpc) is 3.25. The molecule has 5 heteroatoms. The van der Waals surface area contributed by atoms with Crippen molar-refractivity contribution >= 4 is 10.2 Å². The van der Waals surface area contributed by atoms with Crippen molar-refractivity contribution in [3.63, 3.8) is 0 Å². The number of hydrogen-bond donors (Lipinski definition) is 1. The van der Waals surface area contributed by atoms with Gasteiger partial charge in [-0.2, -0.15) is 17.4 Å². The molecule has 28 heavy (non-hydrogen) atoms. The van der Waals surface area contributed by atoms with Gasteiger partial charge >= 0.3 is 0 Å². The van der Waals surface area contributed by atoms with Gasteiger partial charge in [-0.15, -0.1) is 0 Å². The Morgan fingerprint density at radius 2 is 1.64 bits per heavy atom. The van der Waals surface area contributed by atoms with Crippen LogP contribution >= 0.6 is 0 Å². The molecule has 1 aliphatic heterocycles. The Morgan fingerprint density at radius 3 is 2.29 bits per heavy atom. The lowest BCUT2D eigenvalue weighted by atomic mass is 9.79. The third-order valence-corrected chi connectivity index (χ3v) is 9.79. The van der Waals surface area contributed by atoms with Crippen molar-refractivity contribution in [1.82, 2.24) is 9.03 Å². The van der Waals surface area contributed by atoms with E-state index in [0.29, 0.717) is 18.4 Å². The topological polar surface area (TPSA) is 49.4 Å². The molecule has 0 aromatic heterocycles. The van der Waals surface area contributed by atoms with Gasteiger partial charge in [-0.05, 0) is 72.5 Å². The Hall–Kier alpha value is -0.910. The van der Waals surface area contributed by atoms with Crippen molar-refractivity contribution in [3.8, 4) is 0 Å². The SMILES string of the molecule is CC(C)(C)c1ccc2c(c1)C[C@H]1CC[C@@H](C2)[C@]12CN(C1CCCC1)S(=O)(=O)N2. The zero-order valence-electron chi connectivity index (χ0n) is 17.5. The summed E-state index contributed by atoms with van der Waals surface area (Å²) in [7, 11) is -3.36. The van der Waals surface area contributed by atoms with Crippen LogP contribution in [0.25, 0.3) is 0 Å². The molecule has 0 amide bonds. The van der Waals surface area contributed by atoms with Crippen LogP contribution in [0.1, 0.15) is 76.0 Å². The fraction of sp³-hybridized carbons (Fsp3) is 0.739. The lowest BCUT2D eigenvalue weighted by Crippen LogP contribution is -2.52. The third kappa shape index (κ3) is 2.88. The predicted octanol–water partition coefficient (Wildman–Crippen LogP) is 3.94. The largest absolute Gasteiger partial charge is 0.280 e. The predicted molar refractivity (Wildman–Crippen MR) is 113 cm³/mol. The van der Waals surface area contributed by atoms with Gasteiger partial charge in [0.25, 0.3) is 10.2 Å². The molecule has 4 aliphatic rings. The highest BCUT2D eigenvalue weighted by Gasteiger charge is 2.60. The van der Waals surface area contributed by atoms with Crippen molar-refractivity contribution in [3.05, 3.63) is 34.9 Å². The molecular formula is C23H34N2O2S. The van der Waals surface area contributed by atoms with Crippen LogP contribution < -0.4 is 4.72 Å². The maximum absolute atomic E-state index is 13.1. The Kier molecular flexibility index (Phi) is 4.29. The molecule has 1 saturated heterocycles. The van der Waals surface area contributed by atoms with Crippen LogP contribution in [0.4, 0.5) is 0 Å². The second-order valence-corrected chi connectivity index (χ2v) is 12.4. The smallest absolute Gasteiger partial charge is 0.195 e. The number of hydrogen-bond acceptors (Lipinski definition) is 2. The van der Waals surface area contributed by atoms with Gasteiger partial charge in [0.1, 0.15) is 0 Å². The molecule has 1 aromatic rings. The van der Waals surface area contributed by atoms with Crippen LogP contribution in [0, 0.1) is 11.8 Å². The van der Waals surface area contributed by atoms with Crippen molar-refractivity contribution < 1.29 is 8.42 Å². The highest BCUT2D eigenvalue weighted by Crippen LogP contribution is 2.51. The van der Waals surface area contributed by atoms with Gasteiger partial charge in [-0.25, -0.2) is 0 Å². The van der Waals surface area contributed by atoms with Gasteiger partial charge in [-0.1, -0.05) is 51.8 Å². The van der Waals surface area contributed by atoms with E-state index < -0.39 is 10.2 Å². The first-order valence-corrected chi connectivity index (χ1v) is 12.6. The summed E-state index contributed by atoms with van der Waals surface area (Å²) in [6, 6.07) is 7.23. The minimum atomic E-state index is -3.36. The van der Waals surface area contributed by atoms with Gasteiger partial charge in [0.2, 0.25) is 0 Å². The summed E-state index contributed by atoms with van der Waals surface area (Å²) in [6.45, 7) is 7.49. The highest BCUT2D eigenvalue weighted by atomic mass is 32.2. The second kappa shape index (κ2) is 6.29. The molecule has 3 aliphatic carbocycles. The molecular weight excluding hydrogens is 368 g/mol. The molecule has 4 nitrogen and oxygen atoms in total. The van der Waals surface area contributed by atoms with E-state index in [1.54, 1.807) is 0 Å². The van der Waals surface area contributed by atoms with Crippen LogP contribution in [0.15, 0.2) is 18.2 Å². The van der Waals surface area contributed by atoms with Crippen molar-refractivity contribution in [1.29, 1.82) is 0 Å². The van der Waals surface area contributed by atoms with E-state index in [-0.39, 0.29) is 17.0 Å². The summed E-state index contributed by atoms with van der Waals surface area (Å²) < 4.78 is 31.4. The monoisotopic (exact) mass is 402 g/mol. The van der Waals surface area contributed by atoms with Gasteiger partial charge in [0.15, 0.2) is 0 Å².